The van der Waals surface area contributed by atoms with Crippen molar-refractivity contribution in [2.45, 2.75) is 13.0 Å². The largest absolute Gasteiger partial charge is 0.495 e. The minimum atomic E-state index is -0.777. The van der Waals surface area contributed by atoms with Crippen LogP contribution in [0.5, 0.6) is 5.75 Å². The summed E-state index contributed by atoms with van der Waals surface area (Å²) >= 11 is 0. The van der Waals surface area contributed by atoms with Gasteiger partial charge in [-0.05, 0) is 31.2 Å². The van der Waals surface area contributed by atoms with Crippen molar-refractivity contribution >= 4 is 44.4 Å². The van der Waals surface area contributed by atoms with Gasteiger partial charge < -0.3 is 14.5 Å². The molecule has 0 radical (unpaired) electrons. The van der Waals surface area contributed by atoms with Crippen LogP contribution in [0.3, 0.4) is 0 Å². The summed E-state index contributed by atoms with van der Waals surface area (Å²) in [4.78, 5) is 30.1. The highest BCUT2D eigenvalue weighted by Crippen LogP contribution is 2.36. The number of anilines is 1. The zero-order chi connectivity index (χ0) is 21.5. The number of ether oxygens (including phenoxy) is 1. The number of methoxy groups -OCH3 is 1. The summed E-state index contributed by atoms with van der Waals surface area (Å²) in [7, 11) is 1.54. The van der Waals surface area contributed by atoms with Crippen molar-refractivity contribution in [1.82, 2.24) is 9.55 Å². The molecule has 0 unspecified atom stereocenters. The molecule has 0 aliphatic heterocycles. The number of furan rings is 1. The zero-order valence-electron chi connectivity index (χ0n) is 17.0. The third-order valence-corrected chi connectivity index (χ3v) is 5.44. The van der Waals surface area contributed by atoms with Crippen molar-refractivity contribution in [2.24, 2.45) is 0 Å². The van der Waals surface area contributed by atoms with Gasteiger partial charge in [-0.15, -0.1) is 0 Å². The van der Waals surface area contributed by atoms with Gasteiger partial charge in [0.25, 0.3) is 5.56 Å². The van der Waals surface area contributed by atoms with E-state index in [1.165, 1.54) is 10.9 Å². The first-order valence-corrected chi connectivity index (χ1v) is 9.83. The lowest BCUT2D eigenvalue weighted by Crippen LogP contribution is -2.31. The summed E-state index contributed by atoms with van der Waals surface area (Å²) in [5, 5.41) is 5.19. The predicted octanol–water partition coefficient (Wildman–Crippen LogP) is 4.50. The topological polar surface area (TPSA) is 86.4 Å². The van der Waals surface area contributed by atoms with E-state index in [9.17, 15) is 9.59 Å². The Morgan fingerprint density at radius 1 is 1.03 bits per heavy atom. The number of fused-ring (bicyclic) bond motifs is 4. The molecule has 0 saturated carbocycles. The summed E-state index contributed by atoms with van der Waals surface area (Å²) in [5.74, 6) is 0.136. The Morgan fingerprint density at radius 2 is 1.77 bits per heavy atom. The number of carbonyl (C=O) groups excluding carboxylic acids is 1. The molecule has 3 aromatic carbocycles. The summed E-state index contributed by atoms with van der Waals surface area (Å²) in [6.07, 6.45) is 1.40. The molecule has 31 heavy (non-hydrogen) atoms. The van der Waals surface area contributed by atoms with Gasteiger partial charge in [0.1, 0.15) is 23.0 Å². The molecule has 0 saturated heterocycles. The maximum absolute atomic E-state index is 13.0. The van der Waals surface area contributed by atoms with E-state index >= 15 is 0 Å². The SMILES string of the molecule is COc1cc2c(cc1NC(=O)[C@H](C)n1cnc3ccccc3c1=O)oc1ccccc12. The normalized spacial score (nSPS) is 12.3. The van der Waals surface area contributed by atoms with Gasteiger partial charge in [0.05, 0.1) is 30.0 Å². The van der Waals surface area contributed by atoms with Crippen LogP contribution in [0.25, 0.3) is 32.8 Å². The highest BCUT2D eigenvalue weighted by molar-refractivity contribution is 6.08. The molecule has 5 aromatic rings. The number of hydrogen-bond donors (Lipinski definition) is 1. The molecule has 2 heterocycles. The highest BCUT2D eigenvalue weighted by atomic mass is 16.5. The van der Waals surface area contributed by atoms with Gasteiger partial charge in [-0.3, -0.25) is 14.2 Å². The molecule has 0 aliphatic carbocycles. The number of nitrogens with zero attached hydrogens (tertiary/aromatic N) is 2. The first kappa shape index (κ1) is 18.9. The van der Waals surface area contributed by atoms with E-state index in [0.717, 1.165) is 16.4 Å². The minimum absolute atomic E-state index is 0.270. The van der Waals surface area contributed by atoms with Gasteiger partial charge in [-0.2, -0.15) is 0 Å². The lowest BCUT2D eigenvalue weighted by Gasteiger charge is -2.16. The Morgan fingerprint density at radius 3 is 2.58 bits per heavy atom. The fourth-order valence-corrected chi connectivity index (χ4v) is 3.74. The quantitative estimate of drug-likeness (QED) is 0.469. The van der Waals surface area contributed by atoms with Crippen molar-refractivity contribution in [3.63, 3.8) is 0 Å². The maximum Gasteiger partial charge on any atom is 0.261 e. The molecule has 0 spiro atoms. The number of nitrogens with one attached hydrogen (secondary N) is 1. The van der Waals surface area contributed by atoms with Crippen LogP contribution < -0.4 is 15.6 Å². The number of aromatic nitrogens is 2. The van der Waals surface area contributed by atoms with Gasteiger partial charge in [0.2, 0.25) is 5.91 Å². The molecule has 0 fully saturated rings. The van der Waals surface area contributed by atoms with E-state index in [2.05, 4.69) is 10.3 Å². The Kier molecular flexibility index (Phi) is 4.43. The molecular formula is C24H19N3O4. The first-order valence-electron chi connectivity index (χ1n) is 9.83. The number of carbonyl (C=O) groups is 1. The van der Waals surface area contributed by atoms with Crippen LogP contribution in [-0.2, 0) is 4.79 Å². The second kappa shape index (κ2) is 7.28. The van der Waals surface area contributed by atoms with E-state index < -0.39 is 6.04 Å². The number of rotatable bonds is 4. The molecule has 0 aliphatic rings. The van der Waals surface area contributed by atoms with Gasteiger partial charge in [0.15, 0.2) is 0 Å². The number of amides is 1. The van der Waals surface area contributed by atoms with Crippen molar-refractivity contribution in [3.8, 4) is 5.75 Å². The molecule has 0 bridgehead atoms. The predicted molar refractivity (Wildman–Crippen MR) is 120 cm³/mol. The Hall–Kier alpha value is -4.13. The average Bonchev–Trinajstić information content (AvgIpc) is 3.15. The van der Waals surface area contributed by atoms with Crippen molar-refractivity contribution in [2.75, 3.05) is 12.4 Å². The fraction of sp³-hybridized carbons (Fsp3) is 0.125. The van der Waals surface area contributed by atoms with Crippen LogP contribution in [0, 0.1) is 0 Å². The molecular weight excluding hydrogens is 394 g/mol. The third kappa shape index (κ3) is 3.11. The second-order valence-electron chi connectivity index (χ2n) is 7.29. The van der Waals surface area contributed by atoms with E-state index in [4.69, 9.17) is 9.15 Å². The Bertz CT molecular complexity index is 1520. The van der Waals surface area contributed by atoms with Crippen molar-refractivity contribution < 1.29 is 13.9 Å². The highest BCUT2D eigenvalue weighted by Gasteiger charge is 2.20. The number of para-hydroxylation sites is 2. The molecule has 154 valence electrons. The lowest BCUT2D eigenvalue weighted by atomic mass is 10.1. The molecule has 2 aromatic heterocycles. The first-order chi connectivity index (χ1) is 15.1. The molecule has 7 heteroatoms. The monoisotopic (exact) mass is 413 g/mol. The van der Waals surface area contributed by atoms with Crippen LogP contribution in [0.1, 0.15) is 13.0 Å². The summed E-state index contributed by atoms with van der Waals surface area (Å²) < 4.78 is 12.7. The number of benzene rings is 3. The molecule has 1 N–H and O–H groups in total. The maximum atomic E-state index is 13.0. The van der Waals surface area contributed by atoms with Crippen molar-refractivity contribution in [3.05, 3.63) is 77.3 Å². The van der Waals surface area contributed by atoms with E-state index in [1.54, 1.807) is 38.3 Å². The smallest absolute Gasteiger partial charge is 0.261 e. The minimum Gasteiger partial charge on any atom is -0.495 e. The van der Waals surface area contributed by atoms with Gasteiger partial charge in [-0.25, -0.2) is 4.98 Å². The van der Waals surface area contributed by atoms with Crippen LogP contribution in [0.15, 0.2) is 76.2 Å². The Labute approximate surface area is 176 Å². The van der Waals surface area contributed by atoms with Crippen LogP contribution in [0.2, 0.25) is 0 Å². The molecule has 5 rings (SSSR count). The summed E-state index contributed by atoms with van der Waals surface area (Å²) in [6.45, 7) is 1.65. The fourth-order valence-electron chi connectivity index (χ4n) is 3.74. The zero-order valence-corrected chi connectivity index (χ0v) is 17.0. The average molecular weight is 413 g/mol. The third-order valence-electron chi connectivity index (χ3n) is 5.44. The molecule has 7 nitrogen and oxygen atoms in total. The van der Waals surface area contributed by atoms with Crippen molar-refractivity contribution in [1.29, 1.82) is 0 Å². The van der Waals surface area contributed by atoms with Crippen LogP contribution in [0.4, 0.5) is 5.69 Å². The standard InChI is InChI=1S/C24H19N3O4/c1-14(27-13-25-18-9-5-3-8-16(18)24(27)29)23(28)26-19-12-21-17(11-22(19)30-2)15-7-4-6-10-20(15)31-21/h3-14H,1-2H3,(H,26,28)/t14-/m0/s1. The van der Waals surface area contributed by atoms with E-state index in [1.807, 2.05) is 36.4 Å². The van der Waals surface area contributed by atoms with E-state index in [0.29, 0.717) is 27.9 Å². The lowest BCUT2D eigenvalue weighted by molar-refractivity contribution is -0.118. The van der Waals surface area contributed by atoms with Crippen LogP contribution >= 0.6 is 0 Å². The second-order valence-corrected chi connectivity index (χ2v) is 7.29. The van der Waals surface area contributed by atoms with E-state index in [-0.39, 0.29) is 11.5 Å². The van der Waals surface area contributed by atoms with Gasteiger partial charge in [-0.1, -0.05) is 30.3 Å². The van der Waals surface area contributed by atoms with Gasteiger partial charge in [0, 0.05) is 16.8 Å². The molecule has 1 atom stereocenters. The molecule has 1 amide bonds. The van der Waals surface area contributed by atoms with Gasteiger partial charge >= 0.3 is 0 Å². The summed E-state index contributed by atoms with van der Waals surface area (Å²) in [5.41, 5.74) is 2.17. The summed E-state index contributed by atoms with van der Waals surface area (Å²) in [6, 6.07) is 17.6. The number of hydrogen-bond acceptors (Lipinski definition) is 5. The van der Waals surface area contributed by atoms with Crippen LogP contribution in [-0.4, -0.2) is 22.6 Å². The Balaban J connectivity index is 1.51.